The van der Waals surface area contributed by atoms with Crippen molar-refractivity contribution in [2.24, 2.45) is 7.05 Å². The largest absolute Gasteiger partial charge is 0.538 e. The Morgan fingerprint density at radius 2 is 2.24 bits per heavy atom. The summed E-state index contributed by atoms with van der Waals surface area (Å²) in [6.45, 7) is 3.93. The molecule has 7 heteroatoms. The summed E-state index contributed by atoms with van der Waals surface area (Å²) in [7, 11) is 1.63. The molecule has 2 aromatic rings. The van der Waals surface area contributed by atoms with Crippen LogP contribution < -0.4 is 15.1 Å². The van der Waals surface area contributed by atoms with Crippen molar-refractivity contribution in [2.75, 3.05) is 11.1 Å². The van der Waals surface area contributed by atoms with Crippen molar-refractivity contribution in [3.05, 3.63) is 29.3 Å². The average molecular weight is 307 g/mol. The Hall–Kier alpha value is -2.02. The zero-order chi connectivity index (χ0) is 15.4. The number of carbonyl (C=O) groups excluding carboxylic acids is 1. The van der Waals surface area contributed by atoms with Crippen molar-refractivity contribution in [3.63, 3.8) is 0 Å². The van der Waals surface area contributed by atoms with Crippen LogP contribution in [0.4, 0.5) is 5.69 Å². The van der Waals surface area contributed by atoms with Crippen molar-refractivity contribution < 1.29 is 19.1 Å². The Bertz CT molecular complexity index is 635. The topological polar surface area (TPSA) is 82.1 Å². The summed E-state index contributed by atoms with van der Waals surface area (Å²) in [5.41, 5.74) is 2.94. The number of hydrogen-bond donors (Lipinski definition) is 1. The first-order chi connectivity index (χ1) is 9.97. The summed E-state index contributed by atoms with van der Waals surface area (Å²) in [5.74, 6) is -0.0683. The maximum atomic E-state index is 11.9. The third kappa shape index (κ3) is 3.98. The maximum absolute atomic E-state index is 11.9. The minimum Gasteiger partial charge on any atom is -0.538 e. The van der Waals surface area contributed by atoms with Gasteiger partial charge in [-0.3, -0.25) is 4.79 Å². The molecule has 112 valence electrons. The van der Waals surface area contributed by atoms with Gasteiger partial charge < -0.3 is 14.9 Å². The molecule has 2 rings (SSSR count). The van der Waals surface area contributed by atoms with Gasteiger partial charge in [-0.25, -0.2) is 0 Å². The Balaban J connectivity index is 1.87. The predicted octanol–water partition coefficient (Wildman–Crippen LogP) is 1.31. The smallest absolute Gasteiger partial charge is 0.290 e. The molecule has 1 aromatic heterocycles. The fourth-order valence-corrected chi connectivity index (χ4v) is 2.64. The number of hydrogen-bond acceptors (Lipinski definition) is 5. The number of nitrogens with zero attached hydrogens (tertiary/aromatic N) is 2. The highest BCUT2D eigenvalue weighted by atomic mass is 32.2. The van der Waals surface area contributed by atoms with Crippen LogP contribution in [-0.4, -0.2) is 16.9 Å². The van der Waals surface area contributed by atoms with E-state index < -0.39 is 5.95 Å². The molecule has 0 aliphatic rings. The van der Waals surface area contributed by atoms with Gasteiger partial charge in [0.1, 0.15) is 0 Å². The second kappa shape index (κ2) is 6.62. The third-order valence-electron chi connectivity index (χ3n) is 2.95. The molecule has 0 bridgehead atoms. The number of thioether (sulfide) groups is 1. The molecule has 0 spiro atoms. The molecule has 0 radical (unpaired) electrons. The summed E-state index contributed by atoms with van der Waals surface area (Å²) in [6.07, 6.45) is 0.308. The zero-order valence-electron chi connectivity index (χ0n) is 12.2. The second-order valence-corrected chi connectivity index (χ2v) is 5.84. The van der Waals surface area contributed by atoms with Crippen LogP contribution in [-0.2, 0) is 11.8 Å². The molecule has 0 atom stereocenters. The zero-order valence-corrected chi connectivity index (χ0v) is 13.0. The van der Waals surface area contributed by atoms with E-state index in [-0.39, 0.29) is 5.91 Å². The summed E-state index contributed by atoms with van der Waals surface area (Å²) in [4.78, 5) is 11.9. The minimum absolute atomic E-state index is 0.0808. The lowest BCUT2D eigenvalue weighted by Crippen LogP contribution is -2.32. The Morgan fingerprint density at radius 3 is 2.90 bits per heavy atom. The van der Waals surface area contributed by atoms with E-state index in [2.05, 4.69) is 15.1 Å². The van der Waals surface area contributed by atoms with Crippen LogP contribution >= 0.6 is 11.8 Å². The number of anilines is 1. The van der Waals surface area contributed by atoms with Gasteiger partial charge in [-0.15, -0.1) is 0 Å². The first-order valence-electron chi connectivity index (χ1n) is 6.50. The van der Waals surface area contributed by atoms with E-state index in [0.29, 0.717) is 17.2 Å². The van der Waals surface area contributed by atoms with E-state index in [1.165, 1.54) is 16.4 Å². The highest BCUT2D eigenvalue weighted by Crippen LogP contribution is 2.22. The monoisotopic (exact) mass is 307 g/mol. The predicted molar refractivity (Wildman–Crippen MR) is 77.0 cm³/mol. The molecule has 0 unspecified atom stereocenters. The number of carbonyl (C=O) groups is 1. The minimum atomic E-state index is -0.475. The van der Waals surface area contributed by atoms with Crippen molar-refractivity contribution in [1.82, 2.24) is 5.27 Å². The van der Waals surface area contributed by atoms with Gasteiger partial charge in [-0.2, -0.15) is 0 Å². The number of amides is 1. The van der Waals surface area contributed by atoms with E-state index in [4.69, 9.17) is 0 Å². The van der Waals surface area contributed by atoms with Gasteiger partial charge >= 0.3 is 0 Å². The normalized spacial score (nSPS) is 10.6. The van der Waals surface area contributed by atoms with Crippen LogP contribution in [0.15, 0.2) is 27.7 Å². The van der Waals surface area contributed by atoms with Crippen LogP contribution in [0.3, 0.4) is 0 Å². The van der Waals surface area contributed by atoms with Crippen LogP contribution in [0.1, 0.15) is 17.5 Å². The van der Waals surface area contributed by atoms with Gasteiger partial charge in [-0.1, -0.05) is 28.6 Å². The summed E-state index contributed by atoms with van der Waals surface area (Å²) < 4.78 is 5.88. The third-order valence-corrected chi connectivity index (χ3v) is 4.06. The Labute approximate surface area is 127 Å². The SMILES string of the molecule is Cc1ccc(C)c(NC(=O)CCSc2c([O-])on[n+]2C)c1. The molecule has 0 saturated carbocycles. The summed E-state index contributed by atoms with van der Waals surface area (Å²) >= 11 is 1.26. The number of aromatic nitrogens is 2. The first kappa shape index (κ1) is 15.4. The van der Waals surface area contributed by atoms with Crippen molar-refractivity contribution in [3.8, 4) is 5.95 Å². The average Bonchev–Trinajstić information content (AvgIpc) is 2.74. The van der Waals surface area contributed by atoms with Crippen LogP contribution in [0, 0.1) is 13.8 Å². The molecular formula is C14H17N3O3S. The van der Waals surface area contributed by atoms with Crippen LogP contribution in [0.25, 0.3) is 0 Å². The van der Waals surface area contributed by atoms with Gasteiger partial charge in [0, 0.05) is 17.9 Å². The number of nitrogens with one attached hydrogen (secondary N) is 1. The molecule has 1 aromatic carbocycles. The van der Waals surface area contributed by atoms with Crippen molar-refractivity contribution in [2.45, 2.75) is 25.3 Å². The lowest BCUT2D eigenvalue weighted by atomic mass is 10.1. The van der Waals surface area contributed by atoms with Gasteiger partial charge in [0.2, 0.25) is 5.91 Å². The first-order valence-corrected chi connectivity index (χ1v) is 7.49. The fourth-order valence-electron chi connectivity index (χ4n) is 1.78. The van der Waals surface area contributed by atoms with Crippen molar-refractivity contribution >= 4 is 23.4 Å². The maximum Gasteiger partial charge on any atom is 0.290 e. The molecule has 21 heavy (non-hydrogen) atoms. The van der Waals surface area contributed by atoms with Crippen LogP contribution in [0.5, 0.6) is 5.95 Å². The summed E-state index contributed by atoms with van der Waals surface area (Å²) in [6, 6.07) is 5.92. The molecule has 0 saturated heterocycles. The van der Waals surface area contributed by atoms with E-state index in [0.717, 1.165) is 16.8 Å². The molecule has 0 aliphatic carbocycles. The van der Waals surface area contributed by atoms with E-state index in [9.17, 15) is 9.90 Å². The lowest BCUT2D eigenvalue weighted by molar-refractivity contribution is -0.772. The van der Waals surface area contributed by atoms with Gasteiger partial charge in [0.05, 0.1) is 5.27 Å². The van der Waals surface area contributed by atoms with Gasteiger partial charge in [-0.05, 0) is 31.0 Å². The number of benzene rings is 1. The number of rotatable bonds is 5. The number of aryl methyl sites for hydroxylation is 3. The van der Waals surface area contributed by atoms with Crippen molar-refractivity contribution in [1.29, 1.82) is 0 Å². The summed E-state index contributed by atoms with van der Waals surface area (Å²) in [5, 5.41) is 18.1. The Morgan fingerprint density at radius 1 is 1.48 bits per heavy atom. The second-order valence-electron chi connectivity index (χ2n) is 4.75. The highest BCUT2D eigenvalue weighted by molar-refractivity contribution is 7.99. The fraction of sp³-hybridized carbons (Fsp3) is 0.357. The molecule has 1 N–H and O–H groups in total. The van der Waals surface area contributed by atoms with E-state index in [1.54, 1.807) is 7.05 Å². The quantitative estimate of drug-likeness (QED) is 0.665. The highest BCUT2D eigenvalue weighted by Gasteiger charge is 2.14. The molecule has 1 heterocycles. The van der Waals surface area contributed by atoms with Crippen LogP contribution in [0.2, 0.25) is 0 Å². The standard InChI is InChI=1S/C14H17N3O3S/c1-9-4-5-10(2)11(8-9)15-12(18)6-7-21-13-14(19)20-16-17(13)3/h4-5,8H,6-7H2,1-3H3,(H-,15,16,18,19). The molecule has 1 amide bonds. The molecule has 6 nitrogen and oxygen atoms in total. The Kier molecular flexibility index (Phi) is 4.85. The van der Waals surface area contributed by atoms with Gasteiger partial charge in [0.25, 0.3) is 5.03 Å². The molecule has 0 aliphatic heterocycles. The molecule has 0 fully saturated rings. The van der Waals surface area contributed by atoms with Gasteiger partial charge in [0.15, 0.2) is 13.0 Å². The van der Waals surface area contributed by atoms with E-state index in [1.807, 2.05) is 32.0 Å². The van der Waals surface area contributed by atoms with E-state index >= 15 is 0 Å². The lowest BCUT2D eigenvalue weighted by Gasteiger charge is -2.08. The molecular weight excluding hydrogens is 290 g/mol.